The minimum Gasteiger partial charge on any atom is -0.443 e. The fraction of sp³-hybridized carbons (Fsp3) is 1.00. The van der Waals surface area contributed by atoms with Crippen LogP contribution in [0.3, 0.4) is 0 Å². The molecule has 0 fully saturated rings. The first-order chi connectivity index (χ1) is 7.93. The Hall–Kier alpha value is -0.395. The summed E-state index contributed by atoms with van der Waals surface area (Å²) in [5, 5.41) is 0. The van der Waals surface area contributed by atoms with Gasteiger partial charge in [-0.1, -0.05) is 13.3 Å². The molecule has 0 aliphatic heterocycles. The molecule has 0 bridgehead atoms. The lowest BCUT2D eigenvalue weighted by Crippen LogP contribution is -2.44. The molecule has 0 N–H and O–H groups in total. The lowest BCUT2D eigenvalue weighted by molar-refractivity contribution is -0.906. The van der Waals surface area contributed by atoms with E-state index in [0.29, 0.717) is 0 Å². The fourth-order valence-corrected chi connectivity index (χ4v) is 1.08. The van der Waals surface area contributed by atoms with Crippen LogP contribution in [0.1, 0.15) is 33.6 Å². The topological polar surface area (TPSA) is 0 Å². The van der Waals surface area contributed by atoms with E-state index < -0.39 is 13.1 Å². The summed E-state index contributed by atoms with van der Waals surface area (Å²) in [6.07, 6.45) is -3.30. The average Bonchev–Trinajstić information content (AvgIpc) is 2.24. The van der Waals surface area contributed by atoms with Gasteiger partial charge in [-0.25, -0.2) is 13.2 Å². The van der Waals surface area contributed by atoms with E-state index in [1.54, 1.807) is 0 Å². The first-order valence-electron chi connectivity index (χ1n) is 6.03. The van der Waals surface area contributed by atoms with Crippen molar-refractivity contribution in [1.82, 2.24) is 0 Å². The third-order valence-corrected chi connectivity index (χ3v) is 2.95. The molecule has 8 heteroatoms. The first kappa shape index (κ1) is 19.9. The van der Waals surface area contributed by atoms with Crippen LogP contribution in [0.5, 0.6) is 0 Å². The van der Waals surface area contributed by atoms with E-state index in [4.69, 9.17) is 0 Å². The molecular weight excluding hydrogens is 259 g/mol. The summed E-state index contributed by atoms with van der Waals surface area (Å²) in [6, 6.07) is 0. The molecule has 0 saturated carbocycles. The molecule has 0 saturated heterocycles. The second-order valence-corrected chi connectivity index (χ2v) is 4.45. The van der Waals surface area contributed by atoms with Gasteiger partial charge in [-0.3, -0.25) is 0 Å². The number of halogens is 6. The molecule has 0 atom stereocenters. The van der Waals surface area contributed by atoms with Gasteiger partial charge in [-0.2, -0.15) is 0 Å². The molecular formula is C10H22BF6N. The molecule has 0 unspecified atom stereocenters. The third-order valence-electron chi connectivity index (χ3n) is 2.95. The Balaban J connectivity index is 0. The van der Waals surface area contributed by atoms with Crippen LogP contribution in [0.2, 0.25) is 0 Å². The predicted octanol–water partition coefficient (Wildman–Crippen LogP) is 4.21. The van der Waals surface area contributed by atoms with Crippen molar-refractivity contribution in [1.29, 1.82) is 0 Å². The zero-order valence-corrected chi connectivity index (χ0v) is 11.3. The van der Waals surface area contributed by atoms with E-state index in [2.05, 4.69) is 27.8 Å². The third kappa shape index (κ3) is 8.66. The summed E-state index contributed by atoms with van der Waals surface area (Å²) >= 11 is 0. The minimum atomic E-state index is -6.65. The van der Waals surface area contributed by atoms with Gasteiger partial charge in [0.1, 0.15) is 0 Å². The van der Waals surface area contributed by atoms with Crippen molar-refractivity contribution in [2.24, 2.45) is 0 Å². The van der Waals surface area contributed by atoms with Gasteiger partial charge in [-0.05, 0) is 20.3 Å². The predicted molar refractivity (Wildman–Crippen MR) is 62.2 cm³/mol. The van der Waals surface area contributed by atoms with E-state index in [1.165, 1.54) is 37.0 Å². The van der Waals surface area contributed by atoms with Gasteiger partial charge in [-0.15, -0.1) is 0 Å². The van der Waals surface area contributed by atoms with Gasteiger partial charge in [0, 0.05) is 0 Å². The molecule has 0 aromatic heterocycles. The maximum absolute atomic E-state index is 10.5. The van der Waals surface area contributed by atoms with Crippen LogP contribution in [0.15, 0.2) is 0 Å². The Morgan fingerprint density at radius 3 is 1.44 bits per heavy atom. The summed E-state index contributed by atoms with van der Waals surface area (Å²) in [5.74, 6) is 0. The van der Waals surface area contributed by atoms with Crippen LogP contribution >= 0.6 is 0 Å². The highest BCUT2D eigenvalue weighted by molar-refractivity contribution is 6.60. The Bertz CT molecular complexity index is 197. The molecule has 0 aliphatic carbocycles. The van der Waals surface area contributed by atoms with Crippen molar-refractivity contribution in [3.8, 4) is 0 Å². The molecule has 1 nitrogen and oxygen atoms in total. The number of alkyl halides is 3. The lowest BCUT2D eigenvalue weighted by Gasteiger charge is -2.31. The highest BCUT2D eigenvalue weighted by Crippen LogP contribution is 2.31. The largest absolute Gasteiger partial charge is 0.583 e. The molecule has 0 rings (SSSR count). The summed E-state index contributed by atoms with van der Waals surface area (Å²) in [5.41, 5.74) is 0. The molecule has 0 aromatic carbocycles. The SMILES string of the molecule is CCCC[N+](C)(CC)CC.F[B-](F)(F)C(F)(F)F. The summed E-state index contributed by atoms with van der Waals surface area (Å²) in [7, 11) is 2.34. The van der Waals surface area contributed by atoms with E-state index in [-0.39, 0.29) is 0 Å². The van der Waals surface area contributed by atoms with Crippen LogP contribution in [-0.2, 0) is 0 Å². The molecule has 0 aliphatic rings. The van der Waals surface area contributed by atoms with Crippen molar-refractivity contribution in [3.63, 3.8) is 0 Å². The van der Waals surface area contributed by atoms with Crippen molar-refractivity contribution >= 4 is 6.98 Å². The quantitative estimate of drug-likeness (QED) is 0.402. The number of rotatable bonds is 5. The Kier molecular flexibility index (Phi) is 8.76. The highest BCUT2D eigenvalue weighted by atomic mass is 19.4. The van der Waals surface area contributed by atoms with Gasteiger partial charge in [0.2, 0.25) is 0 Å². The van der Waals surface area contributed by atoms with Crippen LogP contribution in [0.4, 0.5) is 26.1 Å². The summed E-state index contributed by atoms with van der Waals surface area (Å²) < 4.78 is 64.1. The highest BCUT2D eigenvalue weighted by Gasteiger charge is 2.53. The number of unbranched alkanes of at least 4 members (excludes halogenated alkanes) is 1. The van der Waals surface area contributed by atoms with Gasteiger partial charge in [0.05, 0.1) is 26.7 Å². The Morgan fingerprint density at radius 2 is 1.28 bits per heavy atom. The lowest BCUT2D eigenvalue weighted by atomic mass is 9.92. The maximum Gasteiger partial charge on any atom is 0.583 e. The smallest absolute Gasteiger partial charge is 0.443 e. The first-order valence-corrected chi connectivity index (χ1v) is 6.03. The molecule has 0 amide bonds. The standard InChI is InChI=1S/C9H22N.CBF6/c1-5-8-9-10(4,6-2)7-3;3-1(4,5)2(6,7)8/h5-9H2,1-4H3;/q+1;-1. The molecule has 0 aromatic rings. The number of hydrogen-bond acceptors (Lipinski definition) is 0. The van der Waals surface area contributed by atoms with Crippen LogP contribution < -0.4 is 0 Å². The average molecular weight is 281 g/mol. The summed E-state index contributed by atoms with van der Waals surface area (Å²) in [4.78, 5) is 0. The minimum absolute atomic E-state index is 1.24. The van der Waals surface area contributed by atoms with Crippen LogP contribution in [0.25, 0.3) is 0 Å². The molecule has 112 valence electrons. The molecule has 0 heterocycles. The van der Waals surface area contributed by atoms with Gasteiger partial charge < -0.3 is 17.4 Å². The maximum atomic E-state index is 10.5. The Morgan fingerprint density at radius 1 is 0.944 bits per heavy atom. The van der Waals surface area contributed by atoms with E-state index in [0.717, 1.165) is 0 Å². The normalized spacial score (nSPS) is 13.0. The van der Waals surface area contributed by atoms with Crippen LogP contribution in [-0.4, -0.2) is 44.2 Å². The van der Waals surface area contributed by atoms with Crippen molar-refractivity contribution in [2.75, 3.05) is 26.7 Å². The van der Waals surface area contributed by atoms with E-state index in [9.17, 15) is 26.1 Å². The second kappa shape index (κ2) is 7.91. The number of quaternary nitrogens is 1. The van der Waals surface area contributed by atoms with E-state index >= 15 is 0 Å². The van der Waals surface area contributed by atoms with Gasteiger partial charge in [0.25, 0.3) is 0 Å². The number of nitrogens with zero attached hydrogens (tertiary/aromatic N) is 1. The monoisotopic (exact) mass is 281 g/mol. The second-order valence-electron chi connectivity index (χ2n) is 4.45. The van der Waals surface area contributed by atoms with E-state index in [1.807, 2.05) is 0 Å². The van der Waals surface area contributed by atoms with Gasteiger partial charge in [0.15, 0.2) is 0 Å². The zero-order valence-electron chi connectivity index (χ0n) is 11.3. The van der Waals surface area contributed by atoms with Gasteiger partial charge >= 0.3 is 13.1 Å². The number of hydrogen-bond donors (Lipinski definition) is 0. The molecule has 18 heavy (non-hydrogen) atoms. The van der Waals surface area contributed by atoms with Crippen molar-refractivity contribution < 1.29 is 30.6 Å². The zero-order chi connectivity index (χ0) is 15.0. The van der Waals surface area contributed by atoms with Crippen molar-refractivity contribution in [3.05, 3.63) is 0 Å². The Labute approximate surface area is 105 Å². The van der Waals surface area contributed by atoms with Crippen molar-refractivity contribution in [2.45, 2.75) is 39.7 Å². The fourth-order valence-electron chi connectivity index (χ4n) is 1.08. The molecule has 0 radical (unpaired) electrons. The summed E-state index contributed by atoms with van der Waals surface area (Å²) in [6.45, 7) is 4.07. The molecule has 0 spiro atoms. The van der Waals surface area contributed by atoms with Crippen LogP contribution in [0, 0.1) is 0 Å².